The van der Waals surface area contributed by atoms with Crippen LogP contribution in [0.25, 0.3) is 0 Å². The van der Waals surface area contributed by atoms with Gasteiger partial charge in [0, 0.05) is 12.0 Å². The highest BCUT2D eigenvalue weighted by molar-refractivity contribution is 5.96. The lowest BCUT2D eigenvalue weighted by Gasteiger charge is -2.19. The first kappa shape index (κ1) is 18.5. The molecule has 5 heteroatoms. The highest BCUT2D eigenvalue weighted by Crippen LogP contribution is 2.22. The Morgan fingerprint density at radius 2 is 1.56 bits per heavy atom. The molecule has 5 nitrogen and oxygen atoms in total. The van der Waals surface area contributed by atoms with Gasteiger partial charge in [-0.2, -0.15) is 0 Å². The van der Waals surface area contributed by atoms with E-state index < -0.39 is 17.9 Å². The molecule has 0 fully saturated rings. The quantitative estimate of drug-likeness (QED) is 0.780. The second-order valence-electron chi connectivity index (χ2n) is 7.06. The largest absolute Gasteiger partial charge is 0.508 e. The number of carboxylic acids is 1. The number of benzene rings is 2. The summed E-state index contributed by atoms with van der Waals surface area (Å²) in [6, 6.07) is 12.4. The number of aromatic hydroxyl groups is 1. The van der Waals surface area contributed by atoms with Crippen LogP contribution in [0, 0.1) is 0 Å². The first-order valence-electron chi connectivity index (χ1n) is 8.09. The highest BCUT2D eigenvalue weighted by atomic mass is 16.4. The molecule has 2 rings (SSSR count). The van der Waals surface area contributed by atoms with Crippen molar-refractivity contribution in [2.24, 2.45) is 0 Å². The summed E-state index contributed by atoms with van der Waals surface area (Å²) in [7, 11) is 0. The maximum atomic E-state index is 12.4. The van der Waals surface area contributed by atoms with Crippen molar-refractivity contribution in [3.05, 3.63) is 65.2 Å². The average molecular weight is 341 g/mol. The van der Waals surface area contributed by atoms with E-state index in [2.05, 4.69) is 26.1 Å². The molecular weight excluding hydrogens is 318 g/mol. The van der Waals surface area contributed by atoms with Gasteiger partial charge in [-0.25, -0.2) is 4.79 Å². The van der Waals surface area contributed by atoms with Crippen molar-refractivity contribution in [1.82, 2.24) is 5.32 Å². The first-order chi connectivity index (χ1) is 11.7. The zero-order valence-corrected chi connectivity index (χ0v) is 14.6. The van der Waals surface area contributed by atoms with Gasteiger partial charge in [0.1, 0.15) is 11.8 Å². The average Bonchev–Trinajstić information content (AvgIpc) is 2.55. The van der Waals surface area contributed by atoms with E-state index in [-0.39, 0.29) is 17.6 Å². The Balaban J connectivity index is 2.09. The molecule has 25 heavy (non-hydrogen) atoms. The van der Waals surface area contributed by atoms with Crippen molar-refractivity contribution in [1.29, 1.82) is 0 Å². The lowest BCUT2D eigenvalue weighted by Crippen LogP contribution is -2.42. The van der Waals surface area contributed by atoms with Gasteiger partial charge in [0.05, 0.1) is 0 Å². The first-order valence-corrected chi connectivity index (χ1v) is 8.09. The lowest BCUT2D eigenvalue weighted by molar-refractivity contribution is -0.139. The molecule has 0 unspecified atom stereocenters. The molecule has 0 aliphatic rings. The van der Waals surface area contributed by atoms with Gasteiger partial charge in [-0.15, -0.1) is 0 Å². The fourth-order valence-electron chi connectivity index (χ4n) is 2.43. The van der Waals surface area contributed by atoms with Gasteiger partial charge in [0.2, 0.25) is 0 Å². The van der Waals surface area contributed by atoms with Crippen LogP contribution in [0.4, 0.5) is 0 Å². The number of hydrogen-bond acceptors (Lipinski definition) is 3. The van der Waals surface area contributed by atoms with Crippen molar-refractivity contribution in [3.63, 3.8) is 0 Å². The third-order valence-corrected chi connectivity index (χ3v) is 3.99. The van der Waals surface area contributed by atoms with Gasteiger partial charge in [0.25, 0.3) is 5.91 Å². The van der Waals surface area contributed by atoms with E-state index >= 15 is 0 Å². The molecule has 0 radical (unpaired) electrons. The summed E-state index contributed by atoms with van der Waals surface area (Å²) in [6.07, 6.45) is 0.140. The molecule has 0 bridgehead atoms. The number of phenolic OH excluding ortho intramolecular Hbond substituents is 1. The maximum absolute atomic E-state index is 12.4. The number of hydrogen-bond donors (Lipinski definition) is 3. The molecule has 0 saturated heterocycles. The van der Waals surface area contributed by atoms with E-state index in [4.69, 9.17) is 0 Å². The minimum atomic E-state index is -1.10. The van der Waals surface area contributed by atoms with Crippen LogP contribution in [0.3, 0.4) is 0 Å². The summed E-state index contributed by atoms with van der Waals surface area (Å²) in [5.41, 5.74) is 2.22. The number of carbonyl (C=O) groups excluding carboxylic acids is 1. The number of nitrogens with one attached hydrogen (secondary N) is 1. The molecule has 132 valence electrons. The number of carbonyl (C=O) groups is 2. The Kier molecular flexibility index (Phi) is 5.47. The van der Waals surface area contributed by atoms with Crippen molar-refractivity contribution in [2.75, 3.05) is 0 Å². The number of amides is 1. The number of rotatable bonds is 5. The van der Waals surface area contributed by atoms with Crippen molar-refractivity contribution in [3.8, 4) is 5.75 Å². The Labute approximate surface area is 147 Å². The van der Waals surface area contributed by atoms with E-state index in [0.717, 1.165) is 5.56 Å². The molecule has 1 amide bonds. The second-order valence-corrected chi connectivity index (χ2v) is 7.06. The summed E-state index contributed by atoms with van der Waals surface area (Å²) in [5.74, 6) is -1.42. The van der Waals surface area contributed by atoms with E-state index in [0.29, 0.717) is 11.1 Å². The molecule has 1 atom stereocenters. The molecule has 0 spiro atoms. The van der Waals surface area contributed by atoms with Crippen molar-refractivity contribution in [2.45, 2.75) is 38.6 Å². The van der Waals surface area contributed by atoms with Crippen LogP contribution in [0.1, 0.15) is 42.3 Å². The lowest BCUT2D eigenvalue weighted by atomic mass is 9.86. The van der Waals surface area contributed by atoms with Crippen molar-refractivity contribution >= 4 is 11.9 Å². The van der Waals surface area contributed by atoms with Gasteiger partial charge >= 0.3 is 5.97 Å². The normalized spacial score (nSPS) is 12.4. The number of phenols is 1. The third-order valence-electron chi connectivity index (χ3n) is 3.99. The maximum Gasteiger partial charge on any atom is 0.326 e. The Hall–Kier alpha value is -2.82. The summed E-state index contributed by atoms with van der Waals surface area (Å²) >= 11 is 0. The smallest absolute Gasteiger partial charge is 0.326 e. The molecular formula is C20H23NO4. The van der Waals surface area contributed by atoms with Crippen LogP contribution in [0.15, 0.2) is 48.5 Å². The predicted octanol–water partition coefficient (Wildman–Crippen LogP) is 3.12. The molecule has 2 aromatic carbocycles. The Bertz CT molecular complexity index is 743. The fraction of sp³-hybridized carbons (Fsp3) is 0.300. The third kappa shape index (κ3) is 5.08. The van der Waals surface area contributed by atoms with E-state index in [1.165, 1.54) is 12.1 Å². The van der Waals surface area contributed by atoms with Crippen LogP contribution in [0.5, 0.6) is 5.75 Å². The molecule has 0 heterocycles. The standard InChI is InChI=1S/C20H23NO4/c1-20(2,3)15-8-6-14(7-9-15)18(23)21-17(19(24)25)12-13-4-10-16(22)11-5-13/h4-11,17,22H,12H2,1-3H3,(H,21,23)(H,24,25)/t17-/m0/s1. The van der Waals surface area contributed by atoms with Gasteiger partial charge in [-0.05, 0) is 40.8 Å². The SMILES string of the molecule is CC(C)(C)c1ccc(C(=O)N[C@@H](Cc2ccc(O)cc2)C(=O)O)cc1. The van der Waals surface area contributed by atoms with Gasteiger partial charge in [-0.1, -0.05) is 45.0 Å². The second kappa shape index (κ2) is 7.38. The molecule has 0 aliphatic carbocycles. The van der Waals surface area contributed by atoms with E-state index in [1.54, 1.807) is 24.3 Å². The molecule has 0 aliphatic heterocycles. The monoisotopic (exact) mass is 341 g/mol. The van der Waals surface area contributed by atoms with Gasteiger partial charge < -0.3 is 15.5 Å². The fourth-order valence-corrected chi connectivity index (χ4v) is 2.43. The summed E-state index contributed by atoms with van der Waals surface area (Å²) in [6.45, 7) is 6.25. The minimum absolute atomic E-state index is 0.0164. The van der Waals surface area contributed by atoms with Crippen LogP contribution in [-0.2, 0) is 16.6 Å². The van der Waals surface area contributed by atoms with Crippen LogP contribution >= 0.6 is 0 Å². The molecule has 0 aromatic heterocycles. The van der Waals surface area contributed by atoms with Crippen LogP contribution < -0.4 is 5.32 Å². The summed E-state index contributed by atoms with van der Waals surface area (Å²) < 4.78 is 0. The Morgan fingerprint density at radius 1 is 1.00 bits per heavy atom. The number of carboxylic acid groups (broad SMARTS) is 1. The zero-order valence-electron chi connectivity index (χ0n) is 14.6. The Morgan fingerprint density at radius 3 is 2.04 bits per heavy atom. The summed E-state index contributed by atoms with van der Waals surface area (Å²) in [5, 5.41) is 21.2. The molecule has 2 aromatic rings. The van der Waals surface area contributed by atoms with Crippen LogP contribution in [-0.4, -0.2) is 28.1 Å². The van der Waals surface area contributed by atoms with Crippen molar-refractivity contribution < 1.29 is 19.8 Å². The highest BCUT2D eigenvalue weighted by Gasteiger charge is 2.21. The van der Waals surface area contributed by atoms with Gasteiger partial charge in [0.15, 0.2) is 0 Å². The van der Waals surface area contributed by atoms with E-state index in [9.17, 15) is 19.8 Å². The molecule has 3 N–H and O–H groups in total. The van der Waals surface area contributed by atoms with E-state index in [1.807, 2.05) is 12.1 Å². The molecule has 0 saturated carbocycles. The van der Waals surface area contributed by atoms with Crippen LogP contribution in [0.2, 0.25) is 0 Å². The zero-order chi connectivity index (χ0) is 18.6. The topological polar surface area (TPSA) is 86.6 Å². The summed E-state index contributed by atoms with van der Waals surface area (Å²) in [4.78, 5) is 23.8. The van der Waals surface area contributed by atoms with Gasteiger partial charge in [-0.3, -0.25) is 4.79 Å². The minimum Gasteiger partial charge on any atom is -0.508 e. The number of aliphatic carboxylic acids is 1. The predicted molar refractivity (Wildman–Crippen MR) is 95.8 cm³/mol.